The van der Waals surface area contributed by atoms with Gasteiger partial charge in [-0.05, 0) is 124 Å². The van der Waals surface area contributed by atoms with Gasteiger partial charge in [0.05, 0.1) is 11.0 Å². The summed E-state index contributed by atoms with van der Waals surface area (Å²) in [6.07, 6.45) is 0. The molecular weight excluding hydrogens is 701 g/mol. The Bertz CT molecular complexity index is 3060. The van der Waals surface area contributed by atoms with Crippen LogP contribution in [0.3, 0.4) is 0 Å². The number of para-hydroxylation sites is 2. The molecule has 2 heteroatoms. The van der Waals surface area contributed by atoms with Crippen LogP contribution < -0.4 is 4.90 Å². The second kappa shape index (κ2) is 13.7. The Morgan fingerprint density at radius 2 is 0.879 bits per heavy atom. The molecule has 0 amide bonds. The first-order chi connectivity index (χ1) is 28.6. The number of nitrogens with zero attached hydrogens (tertiary/aromatic N) is 2. The van der Waals surface area contributed by atoms with Crippen molar-refractivity contribution in [3.63, 3.8) is 0 Å². The van der Waals surface area contributed by atoms with Gasteiger partial charge in [0.1, 0.15) is 0 Å². The predicted octanol–water partition coefficient (Wildman–Crippen LogP) is 14.9. The van der Waals surface area contributed by atoms with Gasteiger partial charge in [0, 0.05) is 38.9 Å². The molecule has 9 aromatic carbocycles. The van der Waals surface area contributed by atoms with E-state index in [1.807, 2.05) is 0 Å². The molecule has 0 fully saturated rings. The lowest BCUT2D eigenvalue weighted by Gasteiger charge is -2.31. The summed E-state index contributed by atoms with van der Waals surface area (Å²) in [5.41, 5.74) is 18.0. The van der Waals surface area contributed by atoms with E-state index in [1.165, 1.54) is 77.6 Å². The Hall–Kier alpha value is -7.42. The average Bonchev–Trinajstić information content (AvgIpc) is 3.77. The topological polar surface area (TPSA) is 8.17 Å². The van der Waals surface area contributed by atoms with E-state index in [4.69, 9.17) is 0 Å². The third kappa shape index (κ3) is 5.41. The van der Waals surface area contributed by atoms with Gasteiger partial charge in [-0.25, -0.2) is 0 Å². The van der Waals surface area contributed by atoms with Crippen LogP contribution in [0.4, 0.5) is 17.1 Å². The van der Waals surface area contributed by atoms with Gasteiger partial charge >= 0.3 is 0 Å². The maximum atomic E-state index is 2.40. The standard InChI is InChI=1S/C56H40N2/c1-56(52-24-11-8-21-48(52)49-22-9-12-25-53(49)56)43-17-14-20-47(38-43)57(45-32-27-40(28-33-45)39-15-4-2-5-16-39)46-34-29-41(30-35-46)42-31-36-55-51(37-42)50-23-10-13-26-54(50)58(55)44-18-6-3-7-19-44/h2-38H,1H3. The zero-order valence-electron chi connectivity index (χ0n) is 32.3. The van der Waals surface area contributed by atoms with Crippen LogP contribution in [0.25, 0.3) is 60.9 Å². The van der Waals surface area contributed by atoms with Gasteiger partial charge in [-0.2, -0.15) is 0 Å². The molecule has 0 unspecified atom stereocenters. The zero-order valence-corrected chi connectivity index (χ0v) is 32.3. The van der Waals surface area contributed by atoms with E-state index in [2.05, 4.69) is 241 Å². The van der Waals surface area contributed by atoms with Crippen LogP contribution in [0.5, 0.6) is 0 Å². The summed E-state index contributed by atoms with van der Waals surface area (Å²) in [5.74, 6) is 0. The van der Waals surface area contributed by atoms with Gasteiger partial charge in [0.2, 0.25) is 0 Å². The van der Waals surface area contributed by atoms with E-state index in [0.29, 0.717) is 0 Å². The number of hydrogen-bond acceptors (Lipinski definition) is 1. The largest absolute Gasteiger partial charge is 0.310 e. The van der Waals surface area contributed by atoms with Crippen LogP contribution in [0, 0.1) is 0 Å². The van der Waals surface area contributed by atoms with E-state index >= 15 is 0 Å². The van der Waals surface area contributed by atoms with Crippen LogP contribution in [0.1, 0.15) is 23.6 Å². The van der Waals surface area contributed by atoms with Crippen molar-refractivity contribution in [2.75, 3.05) is 4.90 Å². The minimum absolute atomic E-state index is 0.293. The van der Waals surface area contributed by atoms with Crippen molar-refractivity contribution in [1.29, 1.82) is 0 Å². The third-order valence-electron chi connectivity index (χ3n) is 12.3. The molecule has 1 heterocycles. The number of anilines is 3. The van der Waals surface area contributed by atoms with Crippen molar-refractivity contribution < 1.29 is 0 Å². The molecule has 2 nitrogen and oxygen atoms in total. The highest BCUT2D eigenvalue weighted by Gasteiger charge is 2.40. The highest BCUT2D eigenvalue weighted by Crippen LogP contribution is 2.53. The van der Waals surface area contributed by atoms with E-state index in [0.717, 1.165) is 17.1 Å². The molecule has 0 aliphatic heterocycles. The fourth-order valence-corrected chi connectivity index (χ4v) is 9.41. The molecule has 1 aromatic heterocycles. The summed E-state index contributed by atoms with van der Waals surface area (Å²) in [6.45, 7) is 2.39. The lowest BCUT2D eigenvalue weighted by atomic mass is 9.74. The summed E-state index contributed by atoms with van der Waals surface area (Å²) >= 11 is 0. The van der Waals surface area contributed by atoms with Crippen LogP contribution in [0.2, 0.25) is 0 Å². The maximum absolute atomic E-state index is 2.40. The van der Waals surface area contributed by atoms with Crippen LogP contribution in [0.15, 0.2) is 224 Å². The van der Waals surface area contributed by atoms with E-state index in [1.54, 1.807) is 0 Å². The minimum Gasteiger partial charge on any atom is -0.310 e. The second-order valence-electron chi connectivity index (χ2n) is 15.5. The molecule has 1 aliphatic carbocycles. The Morgan fingerprint density at radius 3 is 1.55 bits per heavy atom. The van der Waals surface area contributed by atoms with Crippen LogP contribution in [-0.2, 0) is 5.41 Å². The molecule has 10 aromatic rings. The smallest absolute Gasteiger partial charge is 0.0541 e. The number of benzene rings is 9. The number of fused-ring (bicyclic) bond motifs is 6. The molecule has 0 atom stereocenters. The van der Waals surface area contributed by atoms with Crippen molar-refractivity contribution in [2.45, 2.75) is 12.3 Å². The average molecular weight is 741 g/mol. The summed E-state index contributed by atoms with van der Waals surface area (Å²) in [4.78, 5) is 2.40. The van der Waals surface area contributed by atoms with Crippen molar-refractivity contribution >= 4 is 38.9 Å². The Balaban J connectivity index is 1.02. The Kier molecular flexibility index (Phi) is 7.97. The maximum Gasteiger partial charge on any atom is 0.0541 e. The summed E-state index contributed by atoms with van der Waals surface area (Å²) < 4.78 is 2.37. The number of hydrogen-bond donors (Lipinski definition) is 0. The molecule has 0 radical (unpaired) electrons. The minimum atomic E-state index is -0.293. The monoisotopic (exact) mass is 740 g/mol. The van der Waals surface area contributed by atoms with Gasteiger partial charge in [-0.3, -0.25) is 0 Å². The quantitative estimate of drug-likeness (QED) is 0.158. The highest BCUT2D eigenvalue weighted by atomic mass is 15.1. The molecule has 11 rings (SSSR count). The predicted molar refractivity (Wildman–Crippen MR) is 244 cm³/mol. The van der Waals surface area contributed by atoms with Crippen LogP contribution >= 0.6 is 0 Å². The van der Waals surface area contributed by atoms with Gasteiger partial charge in [-0.1, -0.05) is 158 Å². The molecule has 1 aliphatic rings. The third-order valence-corrected chi connectivity index (χ3v) is 12.3. The first kappa shape index (κ1) is 33.9. The van der Waals surface area contributed by atoms with Crippen molar-refractivity contribution in [2.24, 2.45) is 0 Å². The van der Waals surface area contributed by atoms with E-state index in [9.17, 15) is 0 Å². The van der Waals surface area contributed by atoms with Gasteiger partial charge in [-0.15, -0.1) is 0 Å². The van der Waals surface area contributed by atoms with Gasteiger partial charge in [0.25, 0.3) is 0 Å². The van der Waals surface area contributed by atoms with Gasteiger partial charge < -0.3 is 9.47 Å². The van der Waals surface area contributed by atoms with Crippen LogP contribution in [-0.4, -0.2) is 4.57 Å². The molecule has 274 valence electrons. The second-order valence-corrected chi connectivity index (χ2v) is 15.5. The SMILES string of the molecule is CC1(c2cccc(N(c3ccc(-c4ccccc4)cc3)c3ccc(-c4ccc5c(c4)c4ccccc4n5-c4ccccc4)cc3)c2)c2ccccc2-c2ccccc21. The fraction of sp³-hybridized carbons (Fsp3) is 0.0357. The molecule has 0 saturated carbocycles. The normalized spacial score (nSPS) is 12.7. The summed E-state index contributed by atoms with van der Waals surface area (Å²) in [5, 5.41) is 2.51. The van der Waals surface area contributed by atoms with Crippen molar-refractivity contribution in [3.8, 4) is 39.1 Å². The molecule has 0 spiro atoms. The molecule has 0 N–H and O–H groups in total. The van der Waals surface area contributed by atoms with E-state index in [-0.39, 0.29) is 5.41 Å². The lowest BCUT2D eigenvalue weighted by Crippen LogP contribution is -2.23. The first-order valence-corrected chi connectivity index (χ1v) is 20.1. The van der Waals surface area contributed by atoms with Gasteiger partial charge in [0.15, 0.2) is 0 Å². The molecule has 0 saturated heterocycles. The summed E-state index contributed by atoms with van der Waals surface area (Å²) in [6, 6.07) is 81.9. The van der Waals surface area contributed by atoms with Crippen molar-refractivity contribution in [3.05, 3.63) is 241 Å². The van der Waals surface area contributed by atoms with E-state index < -0.39 is 0 Å². The van der Waals surface area contributed by atoms with Crippen molar-refractivity contribution in [1.82, 2.24) is 4.57 Å². The Morgan fingerprint density at radius 1 is 0.362 bits per heavy atom. The highest BCUT2D eigenvalue weighted by molar-refractivity contribution is 6.10. The molecule has 0 bridgehead atoms. The molecule has 58 heavy (non-hydrogen) atoms. The Labute approximate surface area is 339 Å². The first-order valence-electron chi connectivity index (χ1n) is 20.1. The zero-order chi connectivity index (χ0) is 38.6. The molecular formula is C56H40N2. The summed E-state index contributed by atoms with van der Waals surface area (Å²) in [7, 11) is 0. The number of rotatable bonds is 7. The fourth-order valence-electron chi connectivity index (χ4n) is 9.41. The lowest BCUT2D eigenvalue weighted by molar-refractivity contribution is 0.714. The number of aromatic nitrogens is 1.